The molecule has 34 heavy (non-hydrogen) atoms. The van der Waals surface area contributed by atoms with Crippen LogP contribution in [0.15, 0.2) is 59.1 Å². The van der Waals surface area contributed by atoms with Crippen LogP contribution in [0.2, 0.25) is 0 Å². The van der Waals surface area contributed by atoms with Gasteiger partial charge in [0.1, 0.15) is 24.8 Å². The number of non-ortho nitro benzene ring substituents is 1. The van der Waals surface area contributed by atoms with Gasteiger partial charge in [-0.1, -0.05) is 12.1 Å². The number of nitrogens with zero attached hydrogens (tertiary/aromatic N) is 3. The first-order chi connectivity index (χ1) is 16.4. The standard InChI is InChI=1S/C23H18BrF2N3O5/c1-32-17-5-6-21-18(12-17)23(27-28(21)13-14-3-2-4-16(9-14)29(30)31)34-8-7-33-22-19(24)10-15(25)11-20(22)26/h2-6,9-12H,7-8,13H2,1H3. The first kappa shape index (κ1) is 23.4. The second kappa shape index (κ2) is 10.0. The van der Waals surface area contributed by atoms with E-state index in [-0.39, 0.29) is 35.7 Å². The summed E-state index contributed by atoms with van der Waals surface area (Å²) in [6.07, 6.45) is 0. The van der Waals surface area contributed by atoms with Gasteiger partial charge in [0.15, 0.2) is 11.6 Å². The maximum absolute atomic E-state index is 13.9. The summed E-state index contributed by atoms with van der Waals surface area (Å²) < 4.78 is 45.5. The third-order valence-electron chi connectivity index (χ3n) is 4.91. The van der Waals surface area contributed by atoms with Crippen LogP contribution in [0.5, 0.6) is 17.4 Å². The Morgan fingerprint density at radius 2 is 1.88 bits per heavy atom. The minimum Gasteiger partial charge on any atom is -0.497 e. The van der Waals surface area contributed by atoms with Gasteiger partial charge in [0.2, 0.25) is 5.88 Å². The van der Waals surface area contributed by atoms with Crippen molar-refractivity contribution in [2.75, 3.05) is 20.3 Å². The number of halogens is 3. The number of methoxy groups -OCH3 is 1. The van der Waals surface area contributed by atoms with Crippen LogP contribution in [-0.2, 0) is 6.54 Å². The highest BCUT2D eigenvalue weighted by Crippen LogP contribution is 2.31. The number of hydrogen-bond acceptors (Lipinski definition) is 6. The predicted octanol–water partition coefficient (Wildman–Crippen LogP) is 5.50. The van der Waals surface area contributed by atoms with E-state index in [0.29, 0.717) is 22.6 Å². The van der Waals surface area contributed by atoms with Crippen LogP contribution in [0.1, 0.15) is 5.56 Å². The average molecular weight is 534 g/mol. The normalized spacial score (nSPS) is 10.9. The molecular weight excluding hydrogens is 516 g/mol. The third kappa shape index (κ3) is 5.09. The van der Waals surface area contributed by atoms with E-state index >= 15 is 0 Å². The fourth-order valence-corrected chi connectivity index (χ4v) is 3.90. The van der Waals surface area contributed by atoms with Gasteiger partial charge in [0, 0.05) is 18.2 Å². The molecule has 4 aromatic rings. The van der Waals surface area contributed by atoms with Crippen LogP contribution < -0.4 is 14.2 Å². The van der Waals surface area contributed by atoms with Gasteiger partial charge >= 0.3 is 0 Å². The molecule has 0 aliphatic heterocycles. The van der Waals surface area contributed by atoms with Crippen molar-refractivity contribution in [1.29, 1.82) is 0 Å². The minimum atomic E-state index is -0.830. The summed E-state index contributed by atoms with van der Waals surface area (Å²) in [6, 6.07) is 13.5. The Balaban J connectivity index is 1.54. The SMILES string of the molecule is COc1ccc2c(c1)c(OCCOc1c(F)cc(F)cc1Br)nn2Cc1cccc([N+](=O)[O-])c1. The highest BCUT2D eigenvalue weighted by Gasteiger charge is 2.16. The summed E-state index contributed by atoms with van der Waals surface area (Å²) in [5, 5.41) is 16.3. The van der Waals surface area contributed by atoms with Gasteiger partial charge < -0.3 is 14.2 Å². The molecule has 0 N–H and O–H groups in total. The summed E-state index contributed by atoms with van der Waals surface area (Å²) in [5.74, 6) is -0.777. The highest BCUT2D eigenvalue weighted by molar-refractivity contribution is 9.10. The van der Waals surface area contributed by atoms with Gasteiger partial charge in [0.05, 0.1) is 34.0 Å². The Morgan fingerprint density at radius 3 is 2.62 bits per heavy atom. The molecule has 0 radical (unpaired) electrons. The van der Waals surface area contributed by atoms with Crippen LogP contribution in [-0.4, -0.2) is 35.0 Å². The fraction of sp³-hybridized carbons (Fsp3) is 0.174. The van der Waals surface area contributed by atoms with E-state index in [1.807, 2.05) is 6.07 Å². The Labute approximate surface area is 200 Å². The van der Waals surface area contributed by atoms with E-state index in [4.69, 9.17) is 14.2 Å². The molecule has 0 amide bonds. The van der Waals surface area contributed by atoms with Crippen molar-refractivity contribution in [1.82, 2.24) is 9.78 Å². The van der Waals surface area contributed by atoms with Crippen molar-refractivity contribution < 1.29 is 27.9 Å². The van der Waals surface area contributed by atoms with E-state index < -0.39 is 16.6 Å². The number of fused-ring (bicyclic) bond motifs is 1. The number of nitro benzene ring substituents is 1. The largest absolute Gasteiger partial charge is 0.497 e. The van der Waals surface area contributed by atoms with Gasteiger partial charge in [-0.15, -0.1) is 5.10 Å². The van der Waals surface area contributed by atoms with E-state index in [2.05, 4.69) is 21.0 Å². The molecule has 1 aromatic heterocycles. The number of rotatable bonds is 9. The average Bonchev–Trinajstić information content (AvgIpc) is 3.14. The Morgan fingerprint density at radius 1 is 1.09 bits per heavy atom. The van der Waals surface area contributed by atoms with Crippen molar-refractivity contribution >= 4 is 32.5 Å². The molecule has 0 unspecified atom stereocenters. The molecule has 176 valence electrons. The Kier molecular flexibility index (Phi) is 6.92. The molecule has 4 rings (SSSR count). The van der Waals surface area contributed by atoms with E-state index in [1.165, 1.54) is 19.2 Å². The van der Waals surface area contributed by atoms with Gasteiger partial charge in [-0.05, 0) is 45.8 Å². The Hall–Kier alpha value is -3.73. The molecule has 11 heteroatoms. The summed E-state index contributed by atoms with van der Waals surface area (Å²) >= 11 is 3.07. The van der Waals surface area contributed by atoms with Crippen LogP contribution >= 0.6 is 15.9 Å². The first-order valence-electron chi connectivity index (χ1n) is 10.0. The van der Waals surface area contributed by atoms with Crippen LogP contribution in [0.25, 0.3) is 10.9 Å². The summed E-state index contributed by atoms with van der Waals surface area (Å²) in [5.41, 5.74) is 1.42. The van der Waals surface area contributed by atoms with Crippen molar-refractivity contribution in [3.05, 3.63) is 86.4 Å². The maximum Gasteiger partial charge on any atom is 0.269 e. The molecule has 0 aliphatic rings. The smallest absolute Gasteiger partial charge is 0.269 e. The molecule has 3 aromatic carbocycles. The predicted molar refractivity (Wildman–Crippen MR) is 124 cm³/mol. The minimum absolute atomic E-state index is 0.0107. The van der Waals surface area contributed by atoms with Gasteiger partial charge in [0.25, 0.3) is 5.69 Å². The number of aromatic nitrogens is 2. The van der Waals surface area contributed by atoms with Crippen molar-refractivity contribution in [3.8, 4) is 17.4 Å². The molecule has 0 bridgehead atoms. The lowest BCUT2D eigenvalue weighted by molar-refractivity contribution is -0.384. The van der Waals surface area contributed by atoms with Crippen molar-refractivity contribution in [3.63, 3.8) is 0 Å². The van der Waals surface area contributed by atoms with E-state index in [0.717, 1.165) is 17.6 Å². The maximum atomic E-state index is 13.9. The molecule has 1 heterocycles. The van der Waals surface area contributed by atoms with Gasteiger partial charge in [-0.25, -0.2) is 8.78 Å². The van der Waals surface area contributed by atoms with Crippen LogP contribution in [0.4, 0.5) is 14.5 Å². The zero-order valence-corrected chi connectivity index (χ0v) is 19.4. The number of benzene rings is 3. The Bertz CT molecular complexity index is 1340. The zero-order valence-electron chi connectivity index (χ0n) is 17.8. The summed E-state index contributed by atoms with van der Waals surface area (Å²) in [7, 11) is 1.54. The first-order valence-corrected chi connectivity index (χ1v) is 10.8. The van der Waals surface area contributed by atoms with E-state index in [1.54, 1.807) is 28.9 Å². The van der Waals surface area contributed by atoms with Crippen LogP contribution in [0.3, 0.4) is 0 Å². The van der Waals surface area contributed by atoms with Gasteiger partial charge in [-0.3, -0.25) is 14.8 Å². The second-order valence-corrected chi connectivity index (χ2v) is 8.02. The van der Waals surface area contributed by atoms with Crippen LogP contribution in [0, 0.1) is 21.7 Å². The lowest BCUT2D eigenvalue weighted by Crippen LogP contribution is -2.11. The second-order valence-electron chi connectivity index (χ2n) is 7.17. The lowest BCUT2D eigenvalue weighted by atomic mass is 10.2. The molecule has 0 saturated carbocycles. The number of nitro groups is 1. The molecule has 0 aliphatic carbocycles. The third-order valence-corrected chi connectivity index (χ3v) is 5.50. The monoisotopic (exact) mass is 533 g/mol. The van der Waals surface area contributed by atoms with Crippen molar-refractivity contribution in [2.45, 2.75) is 6.54 Å². The van der Waals surface area contributed by atoms with E-state index in [9.17, 15) is 18.9 Å². The molecule has 0 saturated heterocycles. The number of ether oxygens (including phenoxy) is 3. The molecule has 0 spiro atoms. The highest BCUT2D eigenvalue weighted by atomic mass is 79.9. The summed E-state index contributed by atoms with van der Waals surface area (Å²) in [4.78, 5) is 10.6. The molecule has 0 fully saturated rings. The van der Waals surface area contributed by atoms with Crippen molar-refractivity contribution in [2.24, 2.45) is 0 Å². The molecular formula is C23H18BrF2N3O5. The van der Waals surface area contributed by atoms with Gasteiger partial charge in [-0.2, -0.15) is 0 Å². The quantitative estimate of drug-likeness (QED) is 0.160. The lowest BCUT2D eigenvalue weighted by Gasteiger charge is -2.10. The molecule has 8 nitrogen and oxygen atoms in total. The number of hydrogen-bond donors (Lipinski definition) is 0. The summed E-state index contributed by atoms with van der Waals surface area (Å²) in [6.45, 7) is 0.284. The molecule has 0 atom stereocenters. The topological polar surface area (TPSA) is 88.7 Å². The zero-order chi connectivity index (χ0) is 24.2. The fourth-order valence-electron chi connectivity index (χ4n) is 3.37.